The van der Waals surface area contributed by atoms with Crippen molar-refractivity contribution in [2.24, 2.45) is 0 Å². The lowest BCUT2D eigenvalue weighted by Gasteiger charge is -2.11. The number of benzene rings is 2. The van der Waals surface area contributed by atoms with Crippen LogP contribution in [-0.4, -0.2) is 21.3 Å². The number of thioether (sulfide) groups is 1. The summed E-state index contributed by atoms with van der Waals surface area (Å²) in [4.78, 5) is 16.3. The number of carbonyl (C=O) groups excluding carboxylic acids is 1. The van der Waals surface area contributed by atoms with Gasteiger partial charge in [-0.25, -0.2) is 4.39 Å². The smallest absolute Gasteiger partial charge is 0.351 e. The van der Waals surface area contributed by atoms with E-state index in [9.17, 15) is 22.4 Å². The molecular weight excluding hydrogens is 422 g/mol. The van der Waals surface area contributed by atoms with Crippen molar-refractivity contribution in [2.75, 3.05) is 0 Å². The molecule has 0 aliphatic heterocycles. The number of hydrogen-bond donors (Lipinski definition) is 1. The second-order valence-corrected chi connectivity index (χ2v) is 7.72. The summed E-state index contributed by atoms with van der Waals surface area (Å²) in [6.45, 7) is 1.97. The Kier molecular flexibility index (Phi) is 6.76. The van der Waals surface area contributed by atoms with Gasteiger partial charge in [-0.05, 0) is 36.8 Å². The molecule has 158 valence electrons. The third-order valence-electron chi connectivity index (χ3n) is 4.12. The highest BCUT2D eigenvalue weighted by atomic mass is 32.2. The summed E-state index contributed by atoms with van der Waals surface area (Å²) >= 11 is 1.24. The Labute approximate surface area is 173 Å². The van der Waals surface area contributed by atoms with Gasteiger partial charge in [-0.1, -0.05) is 29.4 Å². The number of halogens is 4. The van der Waals surface area contributed by atoms with Gasteiger partial charge in [-0.3, -0.25) is 4.79 Å². The standard InChI is InChI=1S/C20H17F4N3O2S/c1-12(19(28)25-10-13-5-7-16(21)8-6-13)30-11-17-26-18(27-29-17)14-3-2-4-15(9-14)20(22,23)24/h2-9,12H,10-11H2,1H3,(H,25,28). The van der Waals surface area contributed by atoms with E-state index in [2.05, 4.69) is 15.5 Å². The maximum Gasteiger partial charge on any atom is 0.416 e. The number of rotatable bonds is 7. The van der Waals surface area contributed by atoms with E-state index in [0.717, 1.165) is 17.7 Å². The summed E-state index contributed by atoms with van der Waals surface area (Å²) < 4.78 is 56.5. The minimum atomic E-state index is -4.46. The normalized spacial score (nSPS) is 12.6. The zero-order valence-corrected chi connectivity index (χ0v) is 16.6. The van der Waals surface area contributed by atoms with Crippen LogP contribution in [0.5, 0.6) is 0 Å². The van der Waals surface area contributed by atoms with Crippen LogP contribution in [-0.2, 0) is 23.3 Å². The van der Waals surface area contributed by atoms with Gasteiger partial charge in [0.1, 0.15) is 5.82 Å². The molecule has 1 unspecified atom stereocenters. The number of nitrogens with one attached hydrogen (secondary N) is 1. The van der Waals surface area contributed by atoms with E-state index in [1.807, 2.05) is 0 Å². The van der Waals surface area contributed by atoms with Crippen molar-refractivity contribution in [3.05, 3.63) is 71.4 Å². The Balaban J connectivity index is 1.53. The van der Waals surface area contributed by atoms with E-state index in [-0.39, 0.29) is 41.3 Å². The Morgan fingerprint density at radius 1 is 1.20 bits per heavy atom. The van der Waals surface area contributed by atoms with Crippen molar-refractivity contribution in [1.29, 1.82) is 0 Å². The highest BCUT2D eigenvalue weighted by Gasteiger charge is 2.30. The van der Waals surface area contributed by atoms with Gasteiger partial charge >= 0.3 is 6.18 Å². The molecule has 0 radical (unpaired) electrons. The van der Waals surface area contributed by atoms with Crippen molar-refractivity contribution in [2.45, 2.75) is 30.6 Å². The molecule has 0 aliphatic rings. The molecule has 3 aromatic rings. The second-order valence-electron chi connectivity index (χ2n) is 6.39. The van der Waals surface area contributed by atoms with E-state index in [1.165, 1.54) is 36.0 Å². The first-order valence-electron chi connectivity index (χ1n) is 8.86. The number of carbonyl (C=O) groups is 1. The molecule has 0 spiro atoms. The molecule has 1 amide bonds. The molecule has 1 N–H and O–H groups in total. The molecule has 0 aliphatic carbocycles. The lowest BCUT2D eigenvalue weighted by atomic mass is 10.1. The Morgan fingerprint density at radius 3 is 2.63 bits per heavy atom. The molecule has 30 heavy (non-hydrogen) atoms. The summed E-state index contributed by atoms with van der Waals surface area (Å²) in [5, 5.41) is 6.03. The predicted octanol–water partition coefficient (Wildman–Crippen LogP) is 4.83. The lowest BCUT2D eigenvalue weighted by Crippen LogP contribution is -2.30. The maximum atomic E-state index is 12.9. The molecule has 0 fully saturated rings. The topological polar surface area (TPSA) is 68.0 Å². The van der Waals surface area contributed by atoms with E-state index in [1.54, 1.807) is 19.1 Å². The summed E-state index contributed by atoms with van der Waals surface area (Å²) in [5.74, 6) is -0.104. The summed E-state index contributed by atoms with van der Waals surface area (Å²) in [6.07, 6.45) is -4.46. The largest absolute Gasteiger partial charge is 0.416 e. The third kappa shape index (κ3) is 5.82. The quantitative estimate of drug-likeness (QED) is 0.534. The first-order chi connectivity index (χ1) is 14.2. The monoisotopic (exact) mass is 439 g/mol. The zero-order valence-electron chi connectivity index (χ0n) is 15.7. The average molecular weight is 439 g/mol. The van der Waals surface area contributed by atoms with Crippen molar-refractivity contribution >= 4 is 17.7 Å². The van der Waals surface area contributed by atoms with Crippen LogP contribution in [0.15, 0.2) is 53.1 Å². The Hall–Kier alpha value is -2.88. The van der Waals surface area contributed by atoms with Crippen molar-refractivity contribution in [3.8, 4) is 11.4 Å². The molecule has 0 saturated heterocycles. The van der Waals surface area contributed by atoms with E-state index in [4.69, 9.17) is 4.52 Å². The number of aromatic nitrogens is 2. The molecule has 5 nitrogen and oxygen atoms in total. The fourth-order valence-electron chi connectivity index (χ4n) is 2.47. The first-order valence-corrected chi connectivity index (χ1v) is 9.91. The molecule has 0 saturated carbocycles. The van der Waals surface area contributed by atoms with Gasteiger partial charge in [0, 0.05) is 12.1 Å². The maximum absolute atomic E-state index is 12.9. The van der Waals surface area contributed by atoms with Crippen molar-refractivity contribution in [1.82, 2.24) is 15.5 Å². The Bertz CT molecular complexity index is 1010. The van der Waals surface area contributed by atoms with Crippen LogP contribution < -0.4 is 5.32 Å². The number of nitrogens with zero attached hydrogens (tertiary/aromatic N) is 2. The molecule has 2 aromatic carbocycles. The van der Waals surface area contributed by atoms with Crippen LogP contribution >= 0.6 is 11.8 Å². The minimum absolute atomic E-state index is 0.0464. The van der Waals surface area contributed by atoms with E-state index in [0.29, 0.717) is 0 Å². The van der Waals surface area contributed by atoms with Crippen molar-refractivity contribution < 1.29 is 26.9 Å². The van der Waals surface area contributed by atoms with Gasteiger partial charge in [0.2, 0.25) is 17.6 Å². The fraction of sp³-hybridized carbons (Fsp3) is 0.250. The van der Waals surface area contributed by atoms with Gasteiger partial charge in [-0.15, -0.1) is 11.8 Å². The fourth-order valence-corrected chi connectivity index (χ4v) is 3.22. The molecule has 1 atom stereocenters. The number of alkyl halides is 3. The molecule has 1 heterocycles. The van der Waals surface area contributed by atoms with Crippen LogP contribution in [0.25, 0.3) is 11.4 Å². The van der Waals surface area contributed by atoms with Gasteiger partial charge in [-0.2, -0.15) is 18.2 Å². The van der Waals surface area contributed by atoms with Crippen LogP contribution in [0.4, 0.5) is 17.6 Å². The SMILES string of the molecule is CC(SCc1nc(-c2cccc(C(F)(F)F)c2)no1)C(=O)NCc1ccc(F)cc1. The zero-order chi connectivity index (χ0) is 21.7. The first kappa shape index (κ1) is 21.8. The molecule has 3 rings (SSSR count). The summed E-state index contributed by atoms with van der Waals surface area (Å²) in [5.41, 5.74) is 0.159. The number of hydrogen-bond acceptors (Lipinski definition) is 5. The molecule has 10 heteroatoms. The molecule has 1 aromatic heterocycles. The summed E-state index contributed by atoms with van der Waals surface area (Å²) in [7, 11) is 0. The van der Waals surface area contributed by atoms with Crippen LogP contribution in [0.2, 0.25) is 0 Å². The molecular formula is C20H17F4N3O2S. The van der Waals surface area contributed by atoms with Gasteiger partial charge in [0.15, 0.2) is 0 Å². The summed E-state index contributed by atoms with van der Waals surface area (Å²) in [6, 6.07) is 10.5. The van der Waals surface area contributed by atoms with E-state index < -0.39 is 17.0 Å². The molecule has 0 bridgehead atoms. The predicted molar refractivity (Wildman–Crippen MR) is 104 cm³/mol. The lowest BCUT2D eigenvalue weighted by molar-refractivity contribution is -0.137. The van der Waals surface area contributed by atoms with E-state index >= 15 is 0 Å². The average Bonchev–Trinajstić information content (AvgIpc) is 3.20. The highest BCUT2D eigenvalue weighted by molar-refractivity contribution is 7.99. The van der Waals surface area contributed by atoms with Crippen LogP contribution in [0.3, 0.4) is 0 Å². The third-order valence-corrected chi connectivity index (χ3v) is 5.25. The second kappa shape index (κ2) is 9.29. The van der Waals surface area contributed by atoms with Gasteiger partial charge < -0.3 is 9.84 Å². The van der Waals surface area contributed by atoms with Gasteiger partial charge in [0.05, 0.1) is 16.6 Å². The number of amides is 1. The minimum Gasteiger partial charge on any atom is -0.351 e. The Morgan fingerprint density at radius 2 is 1.93 bits per heavy atom. The van der Waals surface area contributed by atoms with Crippen LogP contribution in [0, 0.1) is 5.82 Å². The highest BCUT2D eigenvalue weighted by Crippen LogP contribution is 2.31. The van der Waals surface area contributed by atoms with Gasteiger partial charge in [0.25, 0.3) is 0 Å². The van der Waals surface area contributed by atoms with Crippen molar-refractivity contribution in [3.63, 3.8) is 0 Å². The van der Waals surface area contributed by atoms with Crippen LogP contribution in [0.1, 0.15) is 23.9 Å².